The molecule has 24 heteroatoms. The molecule has 5 N–H and O–H groups in total. The number of rotatable bonds is 12. The Hall–Kier alpha value is -3.61. The van der Waals surface area contributed by atoms with Crippen molar-refractivity contribution in [3.05, 3.63) is 25.3 Å². The molecule has 0 aliphatic carbocycles. The minimum atomic E-state index is -3.13. The fourth-order valence-corrected chi connectivity index (χ4v) is 6.55. The summed E-state index contributed by atoms with van der Waals surface area (Å²) in [6, 6.07) is 0. The van der Waals surface area contributed by atoms with Crippen molar-refractivity contribution in [3.63, 3.8) is 0 Å². The molecule has 2 fully saturated rings. The molecule has 0 aromatic carbocycles. The van der Waals surface area contributed by atoms with Gasteiger partial charge in [-0.3, -0.25) is 9.13 Å². The zero-order valence-electron chi connectivity index (χ0n) is 24.2. The van der Waals surface area contributed by atoms with Crippen LogP contribution in [0.3, 0.4) is 0 Å². The van der Waals surface area contributed by atoms with Crippen LogP contribution in [0.15, 0.2) is 25.3 Å². The number of aromatic nitrogens is 8. The molecule has 4 aromatic rings. The van der Waals surface area contributed by atoms with E-state index in [0.717, 1.165) is 0 Å². The molecule has 2 unspecified atom stereocenters. The molecule has 2 aliphatic heterocycles. The molecule has 0 spiro atoms. The summed E-state index contributed by atoms with van der Waals surface area (Å²) in [5.74, 6) is 6.41. The number of thiol groups is 1. The van der Waals surface area contributed by atoms with Crippen molar-refractivity contribution >= 4 is 61.7 Å². The van der Waals surface area contributed by atoms with Crippen molar-refractivity contribution in [2.24, 2.45) is 0 Å². The van der Waals surface area contributed by atoms with Crippen LogP contribution in [0, 0.1) is 11.8 Å². The quantitative estimate of drug-likeness (QED) is 0.0675. The number of anilines is 2. The van der Waals surface area contributed by atoms with E-state index in [1.807, 2.05) is 0 Å². The van der Waals surface area contributed by atoms with Gasteiger partial charge in [-0.2, -0.15) is 0 Å². The van der Waals surface area contributed by atoms with Gasteiger partial charge in [0, 0.05) is 4.57 Å². The van der Waals surface area contributed by atoms with Gasteiger partial charge < -0.3 is 30.3 Å². The number of nitrogens with zero attached hydrogens (tertiary/aromatic N) is 8. The molecule has 0 radical (unpaired) electrons. The number of imidazole rings is 2. The summed E-state index contributed by atoms with van der Waals surface area (Å²) < 4.78 is 76.4. The van der Waals surface area contributed by atoms with Gasteiger partial charge >= 0.3 is 15.5 Å². The van der Waals surface area contributed by atoms with E-state index in [1.54, 1.807) is 0 Å². The number of hydrogen-bond acceptors (Lipinski definition) is 16. The zero-order valence-corrected chi connectivity index (χ0v) is 26.9. The number of aliphatic hydroxyl groups is 2. The average Bonchev–Trinajstić information content (AvgIpc) is 3.83. The van der Waals surface area contributed by atoms with Crippen LogP contribution in [0.4, 0.5) is 20.4 Å². The van der Waals surface area contributed by atoms with E-state index in [-0.39, 0.29) is 29.9 Å². The summed E-state index contributed by atoms with van der Waals surface area (Å²) in [6.45, 7) is -0.962. The van der Waals surface area contributed by atoms with Gasteiger partial charge in [0.1, 0.15) is 37.1 Å². The molecule has 2 aliphatic rings. The Kier molecular flexibility index (Phi) is 10.6. The van der Waals surface area contributed by atoms with Crippen LogP contribution in [0.2, 0.25) is 0 Å². The standard InChI is InChI=1S/C24H24F2N10O9P2S/c25-13-17(44-46(39)40)11(5-37)42-23(13)35-9-33-15-19(29-7-31-21(15)35)27-3-1-2-4-28-20-16-22(32-8-30-20)36(10-34-16)24-14(26)18(45-47(41)48)12(6-38)43-24/h7-14,17-18,23-24,37-38H,3-6H2,(H2-2,27,28,29,30,31,32,39,40,41,48)/p+2/t11-,12-,13-,14-,17-,18-,23-,24-/m1/s1. The summed E-state index contributed by atoms with van der Waals surface area (Å²) in [5.41, 5.74) is 1.000. The van der Waals surface area contributed by atoms with Crippen LogP contribution >= 0.6 is 27.7 Å². The Morgan fingerprint density at radius 1 is 0.812 bits per heavy atom. The summed E-state index contributed by atoms with van der Waals surface area (Å²) in [5, 5.41) is 25.1. The molecular formula is C24H26F2N10O9P2S+2. The maximum atomic E-state index is 15.2. The van der Waals surface area contributed by atoms with E-state index in [2.05, 4.69) is 64.6 Å². The Labute approximate surface area is 275 Å². The fraction of sp³-hybridized carbons (Fsp3) is 0.500. The Balaban J connectivity index is 1.08. The number of aliphatic hydroxyl groups excluding tert-OH is 2. The summed E-state index contributed by atoms with van der Waals surface area (Å²) in [6.07, 6.45) is -6.32. The Morgan fingerprint density at radius 2 is 1.27 bits per heavy atom. The SMILES string of the molecule is O=[P+](O)O[C@H]1[C@@H](F)[C@H](n2cnc3c(NCC#CCNc4ncnc5c4ncn5[C@@H]4O[C@H](CO)[C@@H](O[P+](=O)S)[C@H]4F)ncnc32)O[C@@H]1CO. The number of alkyl halides is 2. The van der Waals surface area contributed by atoms with E-state index >= 15 is 8.78 Å². The van der Waals surface area contributed by atoms with Crippen molar-refractivity contribution in [3.8, 4) is 11.8 Å². The highest BCUT2D eigenvalue weighted by Crippen LogP contribution is 2.42. The van der Waals surface area contributed by atoms with Crippen LogP contribution in [-0.4, -0.2) is 117 Å². The minimum Gasteiger partial charge on any atom is -0.394 e. The van der Waals surface area contributed by atoms with Gasteiger partial charge in [-0.1, -0.05) is 11.8 Å². The molecule has 0 amide bonds. The van der Waals surface area contributed by atoms with E-state index < -0.39 is 77.9 Å². The third kappa shape index (κ3) is 6.79. The van der Waals surface area contributed by atoms with Gasteiger partial charge in [0.15, 0.2) is 71.0 Å². The summed E-state index contributed by atoms with van der Waals surface area (Å²) >= 11 is 3.66. The lowest BCUT2D eigenvalue weighted by atomic mass is 10.1. The van der Waals surface area contributed by atoms with E-state index in [9.17, 15) is 19.3 Å². The lowest BCUT2D eigenvalue weighted by Crippen LogP contribution is -2.32. The summed E-state index contributed by atoms with van der Waals surface area (Å²) in [7, 11) is -5.58. The molecule has 48 heavy (non-hydrogen) atoms. The van der Waals surface area contributed by atoms with Gasteiger partial charge in [-0.25, -0.2) is 38.7 Å². The molecule has 6 rings (SSSR count). The Morgan fingerprint density at radius 3 is 1.69 bits per heavy atom. The predicted molar refractivity (Wildman–Crippen MR) is 163 cm³/mol. The molecular weight excluding hydrogens is 704 g/mol. The van der Waals surface area contributed by atoms with Crippen LogP contribution < -0.4 is 10.6 Å². The average molecular weight is 731 g/mol. The van der Waals surface area contributed by atoms with Crippen LogP contribution in [-0.2, 0) is 27.7 Å². The highest BCUT2D eigenvalue weighted by Gasteiger charge is 2.52. The molecule has 254 valence electrons. The van der Waals surface area contributed by atoms with E-state index in [4.69, 9.17) is 23.4 Å². The van der Waals surface area contributed by atoms with Gasteiger partial charge in [0.25, 0.3) is 0 Å². The van der Waals surface area contributed by atoms with Crippen molar-refractivity contribution in [2.75, 3.05) is 36.9 Å². The zero-order chi connectivity index (χ0) is 33.9. The van der Waals surface area contributed by atoms with Gasteiger partial charge in [0.2, 0.25) is 0 Å². The van der Waals surface area contributed by atoms with Gasteiger partial charge in [-0.15, -0.1) is 13.9 Å². The first-order chi connectivity index (χ1) is 23.2. The third-order valence-electron chi connectivity index (χ3n) is 7.40. The number of halogens is 2. The molecule has 0 bridgehead atoms. The van der Waals surface area contributed by atoms with E-state index in [1.165, 1.54) is 34.4 Å². The molecule has 4 aromatic heterocycles. The first kappa shape index (κ1) is 34.3. The second kappa shape index (κ2) is 14.9. The molecule has 10 atom stereocenters. The predicted octanol–water partition coefficient (Wildman–Crippen LogP) is 0.956. The van der Waals surface area contributed by atoms with Crippen molar-refractivity contribution in [1.82, 2.24) is 39.0 Å². The highest BCUT2D eigenvalue weighted by molar-refractivity contribution is 8.39. The smallest absolute Gasteiger partial charge is 0.394 e. The summed E-state index contributed by atoms with van der Waals surface area (Å²) in [4.78, 5) is 34.3. The fourth-order valence-electron chi connectivity index (χ4n) is 5.31. The van der Waals surface area contributed by atoms with E-state index in [0.29, 0.717) is 17.2 Å². The Bertz CT molecular complexity index is 1750. The molecule has 0 saturated carbocycles. The molecule has 2 saturated heterocycles. The normalized spacial score (nSPS) is 27.6. The largest absolute Gasteiger partial charge is 0.695 e. The minimum absolute atomic E-state index is 0.121. The first-order valence-corrected chi connectivity index (χ1v) is 17.4. The van der Waals surface area contributed by atoms with Crippen LogP contribution in [0.1, 0.15) is 12.5 Å². The van der Waals surface area contributed by atoms with Crippen molar-refractivity contribution in [1.29, 1.82) is 0 Å². The topological polar surface area (TPSA) is 243 Å². The van der Waals surface area contributed by atoms with Crippen LogP contribution in [0.5, 0.6) is 0 Å². The number of nitrogens with one attached hydrogen (secondary N) is 2. The second-order valence-electron chi connectivity index (χ2n) is 10.2. The lowest BCUT2D eigenvalue weighted by molar-refractivity contribution is -0.0436. The van der Waals surface area contributed by atoms with Crippen molar-refractivity contribution in [2.45, 2.75) is 49.2 Å². The van der Waals surface area contributed by atoms with Crippen LogP contribution in [0.25, 0.3) is 22.3 Å². The number of fused-ring (bicyclic) bond motifs is 2. The monoisotopic (exact) mass is 730 g/mol. The second-order valence-corrected chi connectivity index (χ2v) is 12.5. The van der Waals surface area contributed by atoms with Gasteiger partial charge in [0.05, 0.1) is 39.0 Å². The van der Waals surface area contributed by atoms with Crippen molar-refractivity contribution < 1.29 is 51.5 Å². The molecule has 19 nitrogen and oxygen atoms in total. The molecule has 6 heterocycles. The maximum absolute atomic E-state index is 15.2. The van der Waals surface area contributed by atoms with Gasteiger partial charge in [-0.05, 0) is 4.57 Å². The first-order valence-electron chi connectivity index (χ1n) is 14.0. The highest BCUT2D eigenvalue weighted by atomic mass is 32.7. The number of hydrogen-bond donors (Lipinski definition) is 6. The lowest BCUT2D eigenvalue weighted by Gasteiger charge is -2.15. The number of ether oxygens (including phenoxy) is 2. The third-order valence-corrected chi connectivity index (χ3v) is 8.53. The maximum Gasteiger partial charge on any atom is 0.695 e.